The van der Waals surface area contributed by atoms with E-state index in [1.807, 2.05) is 0 Å². The molecule has 0 amide bonds. The van der Waals surface area contributed by atoms with Crippen LogP contribution in [-0.2, 0) is 28.6 Å². The summed E-state index contributed by atoms with van der Waals surface area (Å²) in [5, 5.41) is 0. The number of rotatable bonds is 52. The van der Waals surface area contributed by atoms with Crippen molar-refractivity contribution >= 4 is 17.9 Å². The van der Waals surface area contributed by atoms with E-state index in [0.29, 0.717) is 19.3 Å². The first-order chi connectivity index (χ1) is 35.5. The van der Waals surface area contributed by atoms with Gasteiger partial charge in [0.2, 0.25) is 0 Å². The summed E-state index contributed by atoms with van der Waals surface area (Å²) in [6, 6.07) is 0. The molecule has 6 nitrogen and oxygen atoms in total. The minimum absolute atomic E-state index is 0.0925. The quantitative estimate of drug-likeness (QED) is 0.0261. The molecule has 0 fully saturated rings. The van der Waals surface area contributed by atoms with Crippen LogP contribution in [0.4, 0.5) is 0 Å². The van der Waals surface area contributed by atoms with Crippen molar-refractivity contribution in [2.45, 2.75) is 264 Å². The van der Waals surface area contributed by atoms with Gasteiger partial charge in [-0.25, -0.2) is 0 Å². The molecule has 0 aromatic heterocycles. The van der Waals surface area contributed by atoms with Crippen molar-refractivity contribution in [3.05, 3.63) is 122 Å². The molecule has 0 saturated heterocycles. The molecule has 1 atom stereocenters. The van der Waals surface area contributed by atoms with Crippen molar-refractivity contribution in [2.75, 3.05) is 13.2 Å². The van der Waals surface area contributed by atoms with Gasteiger partial charge < -0.3 is 14.2 Å². The molecule has 0 bridgehead atoms. The highest BCUT2D eigenvalue weighted by Gasteiger charge is 2.19. The number of carbonyl (C=O) groups excluding carboxylic acids is 3. The highest BCUT2D eigenvalue weighted by molar-refractivity contribution is 5.71. The van der Waals surface area contributed by atoms with Gasteiger partial charge in [0.05, 0.1) is 0 Å². The van der Waals surface area contributed by atoms with E-state index in [0.717, 1.165) is 154 Å². The van der Waals surface area contributed by atoms with Crippen molar-refractivity contribution < 1.29 is 28.6 Å². The normalized spacial score (nSPS) is 13.0. The Bertz CT molecular complexity index is 1520. The van der Waals surface area contributed by atoms with E-state index in [1.165, 1.54) is 64.2 Å². The van der Waals surface area contributed by atoms with Gasteiger partial charge >= 0.3 is 17.9 Å². The fourth-order valence-corrected chi connectivity index (χ4v) is 7.79. The molecule has 72 heavy (non-hydrogen) atoms. The fraction of sp³-hybridized carbons (Fsp3) is 0.652. The topological polar surface area (TPSA) is 78.9 Å². The first kappa shape index (κ1) is 67.8. The predicted molar refractivity (Wildman–Crippen MR) is 311 cm³/mol. The van der Waals surface area contributed by atoms with Gasteiger partial charge in [-0.2, -0.15) is 0 Å². The van der Waals surface area contributed by atoms with E-state index < -0.39 is 6.10 Å². The van der Waals surface area contributed by atoms with Crippen LogP contribution in [0.3, 0.4) is 0 Å². The van der Waals surface area contributed by atoms with Gasteiger partial charge in [-0.15, -0.1) is 0 Å². The van der Waals surface area contributed by atoms with Gasteiger partial charge in [-0.05, 0) is 109 Å². The van der Waals surface area contributed by atoms with E-state index in [2.05, 4.69) is 142 Å². The van der Waals surface area contributed by atoms with E-state index in [1.54, 1.807) is 0 Å². The van der Waals surface area contributed by atoms with Crippen LogP contribution >= 0.6 is 0 Å². The van der Waals surface area contributed by atoms with Gasteiger partial charge in [0, 0.05) is 19.3 Å². The Balaban J connectivity index is 4.34. The van der Waals surface area contributed by atoms with Crippen LogP contribution in [0.5, 0.6) is 0 Å². The molecule has 0 spiro atoms. The highest BCUT2D eigenvalue weighted by atomic mass is 16.6. The molecular formula is C66H108O6. The molecule has 0 aromatic rings. The van der Waals surface area contributed by atoms with Gasteiger partial charge in [-0.1, -0.05) is 251 Å². The molecule has 0 aromatic carbocycles. The molecule has 0 aliphatic heterocycles. The number of unbranched alkanes of at least 4 members (excludes halogenated alkanes) is 21. The summed E-state index contributed by atoms with van der Waals surface area (Å²) < 4.78 is 16.8. The molecule has 0 radical (unpaired) electrons. The van der Waals surface area contributed by atoms with E-state index in [4.69, 9.17) is 14.2 Å². The van der Waals surface area contributed by atoms with Crippen molar-refractivity contribution in [3.63, 3.8) is 0 Å². The summed E-state index contributed by atoms with van der Waals surface area (Å²) in [4.78, 5) is 38.1. The van der Waals surface area contributed by atoms with Gasteiger partial charge in [-0.3, -0.25) is 14.4 Å². The molecule has 0 N–H and O–H groups in total. The smallest absolute Gasteiger partial charge is 0.306 e. The number of ether oxygens (including phenoxy) is 3. The molecule has 0 saturated carbocycles. The summed E-state index contributed by atoms with van der Waals surface area (Å²) in [6.07, 6.45) is 81.9. The third-order valence-corrected chi connectivity index (χ3v) is 12.2. The van der Waals surface area contributed by atoms with Crippen LogP contribution in [0, 0.1) is 0 Å². The Morgan fingerprint density at radius 1 is 0.292 bits per heavy atom. The maximum atomic E-state index is 12.8. The molecule has 0 rings (SSSR count). The van der Waals surface area contributed by atoms with Gasteiger partial charge in [0.25, 0.3) is 0 Å². The SMILES string of the molecule is CC/C=C\C/C=C\C/C=C\C/C=C\C/C=C\C/C=C\C/C=C\C/C=C\CCCCCCC(=O)OCC(COC(=O)CCCCCCCCCCCCCC)OC(=O)CCCCCCC/C=C\C/C=C\CCC. The maximum absolute atomic E-state index is 12.8. The Hall–Kier alpha value is -4.19. The van der Waals surface area contributed by atoms with Crippen molar-refractivity contribution in [1.29, 1.82) is 0 Å². The lowest BCUT2D eigenvalue weighted by molar-refractivity contribution is -0.167. The van der Waals surface area contributed by atoms with Crippen LogP contribution in [0.1, 0.15) is 258 Å². The van der Waals surface area contributed by atoms with Crippen molar-refractivity contribution in [2.24, 2.45) is 0 Å². The average Bonchev–Trinajstić information content (AvgIpc) is 3.38. The van der Waals surface area contributed by atoms with Crippen LogP contribution in [0.2, 0.25) is 0 Å². The molecule has 408 valence electrons. The Morgan fingerprint density at radius 2 is 0.569 bits per heavy atom. The molecule has 6 heteroatoms. The lowest BCUT2D eigenvalue weighted by atomic mass is 10.0. The monoisotopic (exact) mass is 997 g/mol. The predicted octanol–water partition coefficient (Wildman–Crippen LogP) is 20.0. The van der Waals surface area contributed by atoms with E-state index >= 15 is 0 Å². The minimum atomic E-state index is -0.797. The molecule has 0 heterocycles. The zero-order chi connectivity index (χ0) is 52.2. The Labute approximate surface area is 443 Å². The zero-order valence-electron chi connectivity index (χ0n) is 46.7. The largest absolute Gasteiger partial charge is 0.462 e. The summed E-state index contributed by atoms with van der Waals surface area (Å²) >= 11 is 0. The maximum Gasteiger partial charge on any atom is 0.306 e. The van der Waals surface area contributed by atoms with Gasteiger partial charge in [0.1, 0.15) is 13.2 Å². The highest BCUT2D eigenvalue weighted by Crippen LogP contribution is 2.15. The summed E-state index contributed by atoms with van der Waals surface area (Å²) in [7, 11) is 0. The molecule has 1 unspecified atom stereocenters. The number of carbonyl (C=O) groups is 3. The summed E-state index contributed by atoms with van der Waals surface area (Å²) in [6.45, 7) is 6.42. The lowest BCUT2D eigenvalue weighted by Gasteiger charge is -2.18. The second-order valence-electron chi connectivity index (χ2n) is 19.2. The van der Waals surface area contributed by atoms with Crippen LogP contribution in [0.15, 0.2) is 122 Å². The van der Waals surface area contributed by atoms with Crippen molar-refractivity contribution in [1.82, 2.24) is 0 Å². The average molecular weight is 998 g/mol. The number of allylic oxidation sites excluding steroid dienone is 20. The van der Waals surface area contributed by atoms with Gasteiger partial charge in [0.15, 0.2) is 6.10 Å². The molecular weight excluding hydrogens is 889 g/mol. The molecule has 0 aliphatic rings. The fourth-order valence-electron chi connectivity index (χ4n) is 7.79. The Kier molecular flexibility index (Phi) is 55.9. The summed E-state index contributed by atoms with van der Waals surface area (Å²) in [5.74, 6) is -0.934. The second kappa shape index (κ2) is 59.4. The standard InChI is InChI=1S/C66H108O6/c1-4-7-10-13-16-19-22-25-26-27-28-29-30-31-32-33-34-35-36-37-38-39-40-42-44-47-50-53-56-59-65(68)71-62-63(61-70-64(67)58-55-52-49-46-43-24-21-18-15-12-9-6-3)72-66(69)60-57-54-51-48-45-41-23-20-17-14-11-8-5-2/h7,10-11,14,16,19-20,23,25-26,28-29,31-32,34-35,37-38,40,42,63H,4-6,8-9,12-13,15,17-18,21-22,24,27,30,33,36,39,41,43-62H2,1-3H3/b10-7-,14-11-,19-16-,23-20-,26-25-,29-28-,32-31-,35-34-,38-37-,42-40-. The number of hydrogen-bond donors (Lipinski definition) is 0. The number of hydrogen-bond acceptors (Lipinski definition) is 6. The third-order valence-electron chi connectivity index (χ3n) is 12.2. The zero-order valence-corrected chi connectivity index (χ0v) is 46.7. The number of esters is 3. The third kappa shape index (κ3) is 56.7. The minimum Gasteiger partial charge on any atom is -0.462 e. The summed E-state index contributed by atoms with van der Waals surface area (Å²) in [5.41, 5.74) is 0. The van der Waals surface area contributed by atoms with E-state index in [-0.39, 0.29) is 31.1 Å². The van der Waals surface area contributed by atoms with Crippen molar-refractivity contribution in [3.8, 4) is 0 Å². The first-order valence-corrected chi connectivity index (χ1v) is 29.5. The van der Waals surface area contributed by atoms with Crippen LogP contribution in [0.25, 0.3) is 0 Å². The Morgan fingerprint density at radius 3 is 0.903 bits per heavy atom. The molecule has 0 aliphatic carbocycles. The van der Waals surface area contributed by atoms with E-state index in [9.17, 15) is 14.4 Å². The second-order valence-corrected chi connectivity index (χ2v) is 19.2. The van der Waals surface area contributed by atoms with Crippen LogP contribution in [-0.4, -0.2) is 37.2 Å². The first-order valence-electron chi connectivity index (χ1n) is 29.5. The lowest BCUT2D eigenvalue weighted by Crippen LogP contribution is -2.30. The van der Waals surface area contributed by atoms with Crippen LogP contribution < -0.4 is 0 Å².